The molecule has 72 valence electrons. The molecule has 0 bridgehead atoms. The molecule has 1 aromatic carbocycles. The Bertz CT molecular complexity index is 483. The van der Waals surface area contributed by atoms with Crippen molar-refractivity contribution in [3.8, 4) is 23.5 Å². The first-order valence-electron chi connectivity index (χ1n) is 4.63. The van der Waals surface area contributed by atoms with Crippen molar-refractivity contribution in [2.75, 3.05) is 0 Å². The lowest BCUT2D eigenvalue weighted by molar-refractivity contribution is 1.55. The summed E-state index contributed by atoms with van der Waals surface area (Å²) in [6.45, 7) is 0. The van der Waals surface area contributed by atoms with E-state index in [0.717, 1.165) is 5.56 Å². The van der Waals surface area contributed by atoms with Gasteiger partial charge in [0.15, 0.2) is 0 Å². The van der Waals surface area contributed by atoms with Gasteiger partial charge in [0, 0.05) is 5.56 Å². The quantitative estimate of drug-likeness (QED) is 0.495. The molecule has 0 N–H and O–H groups in total. The van der Waals surface area contributed by atoms with Crippen molar-refractivity contribution in [2.45, 2.75) is 0 Å². The van der Waals surface area contributed by atoms with Gasteiger partial charge < -0.3 is 0 Å². The summed E-state index contributed by atoms with van der Waals surface area (Å²) >= 11 is 5.68. The van der Waals surface area contributed by atoms with Crippen LogP contribution in [-0.2, 0) is 0 Å². The van der Waals surface area contributed by atoms with Gasteiger partial charge in [0.1, 0.15) is 0 Å². The Morgan fingerprint density at radius 3 is 1.67 bits per heavy atom. The molecule has 0 saturated carbocycles. The molecule has 15 heavy (non-hydrogen) atoms. The fourth-order valence-corrected chi connectivity index (χ4v) is 1.43. The molecule has 0 nitrogen and oxygen atoms in total. The van der Waals surface area contributed by atoms with Crippen LogP contribution in [-0.4, -0.2) is 0 Å². The van der Waals surface area contributed by atoms with E-state index in [2.05, 4.69) is 30.2 Å². The fourth-order valence-electron chi connectivity index (χ4n) is 1.24. The number of fused-ring (bicyclic) bond motifs is 1. The van der Waals surface area contributed by atoms with Crippen molar-refractivity contribution in [3.63, 3.8) is 0 Å². The molecule has 0 spiro atoms. The molecular formula is C14H9Cl. The zero-order valence-corrected chi connectivity index (χ0v) is 8.83. The van der Waals surface area contributed by atoms with Crippen LogP contribution in [0.2, 0.25) is 5.02 Å². The van der Waals surface area contributed by atoms with E-state index < -0.39 is 0 Å². The number of terminal acetylenes is 1. The topological polar surface area (TPSA) is 0 Å². The van der Waals surface area contributed by atoms with E-state index in [-0.39, 0.29) is 0 Å². The van der Waals surface area contributed by atoms with E-state index >= 15 is 0 Å². The SMILES string of the molecule is C#Cc1ccccc1Cl.c1cc2ccc1-2. The summed E-state index contributed by atoms with van der Waals surface area (Å²) in [6, 6.07) is 15.8. The van der Waals surface area contributed by atoms with E-state index in [1.807, 2.05) is 18.2 Å². The summed E-state index contributed by atoms with van der Waals surface area (Å²) in [7, 11) is 0. The second-order valence-electron chi connectivity index (χ2n) is 3.20. The van der Waals surface area contributed by atoms with E-state index in [9.17, 15) is 0 Å². The lowest BCUT2D eigenvalue weighted by atomic mass is 9.95. The summed E-state index contributed by atoms with van der Waals surface area (Å²) in [4.78, 5) is 0. The average molecular weight is 213 g/mol. The lowest BCUT2D eigenvalue weighted by Crippen LogP contribution is -1.85. The molecule has 0 unspecified atom stereocenters. The minimum Gasteiger partial charge on any atom is -0.115 e. The highest BCUT2D eigenvalue weighted by Gasteiger charge is 2.03. The van der Waals surface area contributed by atoms with Crippen LogP contribution in [0.1, 0.15) is 5.56 Å². The molecule has 0 amide bonds. The number of benzene rings is 2. The Labute approximate surface area is 94.5 Å². The molecular weight excluding hydrogens is 204 g/mol. The number of rotatable bonds is 0. The highest BCUT2D eigenvalue weighted by atomic mass is 35.5. The molecule has 0 radical (unpaired) electrons. The molecule has 0 fully saturated rings. The highest BCUT2D eigenvalue weighted by molar-refractivity contribution is 6.31. The summed E-state index contributed by atoms with van der Waals surface area (Å²) in [5, 5.41) is 0.639. The van der Waals surface area contributed by atoms with Gasteiger partial charge in [-0.2, -0.15) is 0 Å². The van der Waals surface area contributed by atoms with E-state index in [1.54, 1.807) is 6.07 Å². The molecule has 1 aromatic rings. The van der Waals surface area contributed by atoms with Gasteiger partial charge in [-0.25, -0.2) is 0 Å². The van der Waals surface area contributed by atoms with Crippen LogP contribution in [0.4, 0.5) is 0 Å². The van der Waals surface area contributed by atoms with Crippen LogP contribution in [0.15, 0.2) is 48.5 Å². The second-order valence-corrected chi connectivity index (χ2v) is 3.61. The summed E-state index contributed by atoms with van der Waals surface area (Å²) in [5.74, 6) is 2.46. The van der Waals surface area contributed by atoms with Crippen molar-refractivity contribution >= 4 is 11.6 Å². The second kappa shape index (κ2) is 4.21. The molecule has 2 aliphatic carbocycles. The van der Waals surface area contributed by atoms with Gasteiger partial charge in [0.05, 0.1) is 5.02 Å². The Morgan fingerprint density at radius 1 is 0.867 bits per heavy atom. The van der Waals surface area contributed by atoms with Crippen molar-refractivity contribution < 1.29 is 0 Å². The van der Waals surface area contributed by atoms with E-state index in [0.29, 0.717) is 5.02 Å². The van der Waals surface area contributed by atoms with Crippen molar-refractivity contribution in [2.24, 2.45) is 0 Å². The Kier molecular flexibility index (Phi) is 2.76. The first kappa shape index (κ1) is 9.83. The first-order valence-corrected chi connectivity index (χ1v) is 5.00. The lowest BCUT2D eigenvalue weighted by Gasteiger charge is -2.10. The van der Waals surface area contributed by atoms with Crippen LogP contribution in [0.3, 0.4) is 0 Å². The normalized spacial score (nSPS) is 9.60. The zero-order chi connectivity index (χ0) is 10.7. The first-order chi connectivity index (χ1) is 7.31. The van der Waals surface area contributed by atoms with Gasteiger partial charge in [-0.1, -0.05) is 53.9 Å². The third-order valence-corrected chi connectivity index (χ3v) is 2.58. The third kappa shape index (κ3) is 2.03. The van der Waals surface area contributed by atoms with Gasteiger partial charge in [-0.05, 0) is 23.3 Å². The Morgan fingerprint density at radius 2 is 1.40 bits per heavy atom. The number of hydrogen-bond acceptors (Lipinski definition) is 0. The maximum Gasteiger partial charge on any atom is 0.0562 e. The molecule has 2 aliphatic rings. The third-order valence-electron chi connectivity index (χ3n) is 2.25. The van der Waals surface area contributed by atoms with Crippen LogP contribution >= 0.6 is 11.6 Å². The van der Waals surface area contributed by atoms with E-state index in [1.165, 1.54) is 11.1 Å². The average Bonchev–Trinajstić information content (AvgIpc) is 2.25. The smallest absolute Gasteiger partial charge is 0.0562 e. The predicted octanol–water partition coefficient (Wildman–Crippen LogP) is 3.99. The maximum absolute atomic E-state index is 5.68. The van der Waals surface area contributed by atoms with Gasteiger partial charge in [-0.15, -0.1) is 6.42 Å². The van der Waals surface area contributed by atoms with Gasteiger partial charge >= 0.3 is 0 Å². The number of hydrogen-bond donors (Lipinski definition) is 0. The van der Waals surface area contributed by atoms with Crippen LogP contribution in [0, 0.1) is 12.3 Å². The van der Waals surface area contributed by atoms with Gasteiger partial charge in [0.25, 0.3) is 0 Å². The Balaban J connectivity index is 0.000000121. The van der Waals surface area contributed by atoms with Crippen LogP contribution in [0.25, 0.3) is 11.1 Å². The molecule has 0 aromatic heterocycles. The summed E-state index contributed by atoms with van der Waals surface area (Å²) < 4.78 is 0. The predicted molar refractivity (Wildman–Crippen MR) is 64.8 cm³/mol. The summed E-state index contributed by atoms with van der Waals surface area (Å²) in [5.41, 5.74) is 3.60. The molecule has 3 rings (SSSR count). The van der Waals surface area contributed by atoms with Gasteiger partial charge in [-0.3, -0.25) is 0 Å². The molecule has 0 heterocycles. The zero-order valence-electron chi connectivity index (χ0n) is 8.07. The standard InChI is InChI=1S/C8H5Cl.C6H4/c1-2-7-5-3-4-6-8(7)9;1-2-6-4-3-5(1)6/h1,3-6H;1-4H. The molecule has 0 atom stereocenters. The minimum atomic E-state index is 0.639. The summed E-state index contributed by atoms with van der Waals surface area (Å²) in [6.07, 6.45) is 5.12. The van der Waals surface area contributed by atoms with Crippen molar-refractivity contribution in [3.05, 3.63) is 59.1 Å². The van der Waals surface area contributed by atoms with Crippen LogP contribution in [0.5, 0.6) is 0 Å². The minimum absolute atomic E-state index is 0.639. The van der Waals surface area contributed by atoms with Crippen LogP contribution < -0.4 is 0 Å². The monoisotopic (exact) mass is 212 g/mol. The largest absolute Gasteiger partial charge is 0.115 e. The highest BCUT2D eigenvalue weighted by Crippen LogP contribution is 2.29. The number of halogens is 1. The molecule has 1 heteroatoms. The van der Waals surface area contributed by atoms with Crippen molar-refractivity contribution in [1.82, 2.24) is 0 Å². The Hall–Kier alpha value is -1.71. The van der Waals surface area contributed by atoms with Crippen molar-refractivity contribution in [1.29, 1.82) is 0 Å². The fraction of sp³-hybridized carbons (Fsp3) is 0. The van der Waals surface area contributed by atoms with Gasteiger partial charge in [0.2, 0.25) is 0 Å². The maximum atomic E-state index is 5.68. The molecule has 0 aliphatic heterocycles. The van der Waals surface area contributed by atoms with E-state index in [4.69, 9.17) is 18.0 Å². The molecule has 0 saturated heterocycles.